The van der Waals surface area contributed by atoms with Crippen LogP contribution >= 0.6 is 0 Å². The Morgan fingerprint density at radius 2 is 1.76 bits per heavy atom. The topological polar surface area (TPSA) is 80.8 Å². The van der Waals surface area contributed by atoms with Gasteiger partial charge in [-0.05, 0) is 60.7 Å². The van der Waals surface area contributed by atoms with Gasteiger partial charge in [-0.1, -0.05) is 0 Å². The summed E-state index contributed by atoms with van der Waals surface area (Å²) in [6.45, 7) is 0. The van der Waals surface area contributed by atoms with Gasteiger partial charge in [-0.25, -0.2) is 4.79 Å². The molecule has 29 heavy (non-hydrogen) atoms. The fourth-order valence-corrected chi connectivity index (χ4v) is 3.31. The lowest BCUT2D eigenvalue weighted by molar-refractivity contribution is 0.0600. The number of aromatic nitrogens is 1. The normalized spacial score (nSPS) is 15.0. The van der Waals surface area contributed by atoms with Crippen molar-refractivity contribution in [3.63, 3.8) is 0 Å². The van der Waals surface area contributed by atoms with Gasteiger partial charge in [0.2, 0.25) is 0 Å². The van der Waals surface area contributed by atoms with Crippen LogP contribution in [0.2, 0.25) is 0 Å². The molecule has 0 saturated heterocycles. The molecule has 0 saturated carbocycles. The zero-order valence-electron chi connectivity index (χ0n) is 16.0. The predicted octanol–water partition coefficient (Wildman–Crippen LogP) is 3.65. The number of ether oxygens (including phenoxy) is 2. The SMILES string of the molecule is COC(=O)c1ccc(N[C@@H]2c3ncccc3C(=O)N2c2ccc(OC)cc2)cc1. The van der Waals surface area contributed by atoms with E-state index in [1.54, 1.807) is 66.7 Å². The Hall–Kier alpha value is -3.87. The molecule has 0 radical (unpaired) electrons. The maximum Gasteiger partial charge on any atom is 0.337 e. The van der Waals surface area contributed by atoms with E-state index in [0.29, 0.717) is 22.6 Å². The maximum atomic E-state index is 13.1. The van der Waals surface area contributed by atoms with E-state index in [0.717, 1.165) is 11.4 Å². The van der Waals surface area contributed by atoms with Crippen LogP contribution in [0.4, 0.5) is 11.4 Å². The summed E-state index contributed by atoms with van der Waals surface area (Å²) in [7, 11) is 2.94. The van der Waals surface area contributed by atoms with Gasteiger partial charge in [-0.15, -0.1) is 0 Å². The van der Waals surface area contributed by atoms with Crippen molar-refractivity contribution in [2.75, 3.05) is 24.4 Å². The summed E-state index contributed by atoms with van der Waals surface area (Å²) in [5, 5.41) is 3.35. The number of carbonyl (C=O) groups excluding carboxylic acids is 2. The highest BCUT2D eigenvalue weighted by atomic mass is 16.5. The first-order valence-electron chi connectivity index (χ1n) is 9.00. The van der Waals surface area contributed by atoms with Gasteiger partial charge in [0.15, 0.2) is 6.17 Å². The Bertz CT molecular complexity index is 1050. The third-order valence-corrected chi connectivity index (χ3v) is 4.76. The average Bonchev–Trinajstić information content (AvgIpc) is 3.05. The summed E-state index contributed by atoms with van der Waals surface area (Å²) in [5.41, 5.74) is 3.10. The van der Waals surface area contributed by atoms with Crippen LogP contribution in [0.3, 0.4) is 0 Å². The Morgan fingerprint density at radius 1 is 1.03 bits per heavy atom. The molecule has 1 aliphatic heterocycles. The number of nitrogens with zero attached hydrogens (tertiary/aromatic N) is 2. The Balaban J connectivity index is 1.69. The molecule has 4 rings (SSSR count). The number of amides is 1. The van der Waals surface area contributed by atoms with Gasteiger partial charge in [0.1, 0.15) is 5.75 Å². The molecule has 146 valence electrons. The molecule has 0 fully saturated rings. The third-order valence-electron chi connectivity index (χ3n) is 4.76. The Labute approximate surface area is 167 Å². The van der Waals surface area contributed by atoms with Crippen LogP contribution < -0.4 is 15.0 Å². The van der Waals surface area contributed by atoms with Crippen molar-refractivity contribution in [3.05, 3.63) is 83.7 Å². The van der Waals surface area contributed by atoms with Gasteiger partial charge >= 0.3 is 5.97 Å². The van der Waals surface area contributed by atoms with E-state index in [4.69, 9.17) is 9.47 Å². The van der Waals surface area contributed by atoms with Crippen LogP contribution in [-0.2, 0) is 4.74 Å². The lowest BCUT2D eigenvalue weighted by Crippen LogP contribution is -2.32. The number of carbonyl (C=O) groups is 2. The van der Waals surface area contributed by atoms with E-state index in [9.17, 15) is 9.59 Å². The average molecular weight is 389 g/mol. The molecular weight excluding hydrogens is 370 g/mol. The molecule has 2 heterocycles. The molecule has 1 aromatic heterocycles. The molecule has 0 unspecified atom stereocenters. The van der Waals surface area contributed by atoms with Gasteiger partial charge < -0.3 is 14.8 Å². The van der Waals surface area contributed by atoms with Gasteiger partial charge in [-0.3, -0.25) is 14.7 Å². The summed E-state index contributed by atoms with van der Waals surface area (Å²) < 4.78 is 9.94. The molecule has 7 heteroatoms. The summed E-state index contributed by atoms with van der Waals surface area (Å²) in [6.07, 6.45) is 1.18. The first-order chi connectivity index (χ1) is 14.1. The molecule has 1 amide bonds. The van der Waals surface area contributed by atoms with E-state index in [-0.39, 0.29) is 5.91 Å². The van der Waals surface area contributed by atoms with Crippen LogP contribution in [0.5, 0.6) is 5.75 Å². The highest BCUT2D eigenvalue weighted by Gasteiger charge is 2.39. The Kier molecular flexibility index (Phi) is 4.87. The van der Waals surface area contributed by atoms with Gasteiger partial charge in [0.25, 0.3) is 5.91 Å². The second kappa shape index (κ2) is 7.63. The minimum atomic E-state index is -0.490. The minimum absolute atomic E-state index is 0.137. The largest absolute Gasteiger partial charge is 0.497 e. The van der Waals surface area contributed by atoms with Crippen molar-refractivity contribution in [1.29, 1.82) is 0 Å². The number of rotatable bonds is 5. The quantitative estimate of drug-likeness (QED) is 0.671. The zero-order valence-corrected chi connectivity index (χ0v) is 16.0. The molecule has 0 spiro atoms. The second-order valence-electron chi connectivity index (χ2n) is 6.43. The number of hydrogen-bond acceptors (Lipinski definition) is 6. The van der Waals surface area contributed by atoms with Crippen molar-refractivity contribution in [3.8, 4) is 5.75 Å². The number of esters is 1. The van der Waals surface area contributed by atoms with E-state index >= 15 is 0 Å². The van der Waals surface area contributed by atoms with Crippen LogP contribution in [0.15, 0.2) is 66.9 Å². The number of methoxy groups -OCH3 is 2. The molecule has 1 atom stereocenters. The Morgan fingerprint density at radius 3 is 2.41 bits per heavy atom. The first-order valence-corrected chi connectivity index (χ1v) is 9.00. The van der Waals surface area contributed by atoms with Crippen molar-refractivity contribution < 1.29 is 19.1 Å². The summed E-state index contributed by atoms with van der Waals surface area (Å²) in [4.78, 5) is 30.8. The first kappa shape index (κ1) is 18.5. The number of nitrogens with one attached hydrogen (secondary N) is 1. The van der Waals surface area contributed by atoms with E-state index < -0.39 is 12.1 Å². The fourth-order valence-electron chi connectivity index (χ4n) is 3.31. The number of pyridine rings is 1. The number of anilines is 2. The standard InChI is InChI=1S/C22H19N3O4/c1-28-17-11-9-16(10-12-17)25-20(19-18(21(25)26)4-3-13-23-19)24-15-7-5-14(6-8-15)22(27)29-2/h3-13,20,24H,1-2H3/t20-/m0/s1. The van der Waals surface area contributed by atoms with Crippen LogP contribution in [0.1, 0.15) is 32.6 Å². The van der Waals surface area contributed by atoms with Crippen LogP contribution in [0, 0.1) is 0 Å². The lowest BCUT2D eigenvalue weighted by Gasteiger charge is -2.26. The molecule has 1 aliphatic rings. The highest BCUT2D eigenvalue weighted by Crippen LogP contribution is 2.37. The van der Waals surface area contributed by atoms with Crippen molar-refractivity contribution in [1.82, 2.24) is 4.98 Å². The molecule has 0 bridgehead atoms. The maximum absolute atomic E-state index is 13.1. The van der Waals surface area contributed by atoms with Crippen molar-refractivity contribution in [2.24, 2.45) is 0 Å². The van der Waals surface area contributed by atoms with Gasteiger partial charge in [0, 0.05) is 17.6 Å². The molecule has 0 aliphatic carbocycles. The van der Waals surface area contributed by atoms with Gasteiger partial charge in [-0.2, -0.15) is 0 Å². The molecule has 7 nitrogen and oxygen atoms in total. The summed E-state index contributed by atoms with van der Waals surface area (Å²) >= 11 is 0. The fraction of sp³-hybridized carbons (Fsp3) is 0.136. The minimum Gasteiger partial charge on any atom is -0.497 e. The van der Waals surface area contributed by atoms with Crippen molar-refractivity contribution >= 4 is 23.3 Å². The molecule has 1 N–H and O–H groups in total. The van der Waals surface area contributed by atoms with E-state index in [2.05, 4.69) is 10.3 Å². The predicted molar refractivity (Wildman–Crippen MR) is 108 cm³/mol. The second-order valence-corrected chi connectivity index (χ2v) is 6.43. The summed E-state index contributed by atoms with van der Waals surface area (Å²) in [6, 6.07) is 17.7. The van der Waals surface area contributed by atoms with Crippen LogP contribution in [0.25, 0.3) is 0 Å². The van der Waals surface area contributed by atoms with E-state index in [1.807, 2.05) is 12.1 Å². The van der Waals surface area contributed by atoms with Crippen molar-refractivity contribution in [2.45, 2.75) is 6.17 Å². The molecule has 3 aromatic rings. The monoisotopic (exact) mass is 389 g/mol. The summed E-state index contributed by atoms with van der Waals surface area (Å²) in [5.74, 6) is 0.167. The number of hydrogen-bond donors (Lipinski definition) is 1. The highest BCUT2D eigenvalue weighted by molar-refractivity contribution is 6.11. The zero-order chi connectivity index (χ0) is 20.4. The molecular formula is C22H19N3O4. The number of fused-ring (bicyclic) bond motifs is 1. The smallest absolute Gasteiger partial charge is 0.337 e. The number of benzene rings is 2. The van der Waals surface area contributed by atoms with Crippen LogP contribution in [-0.4, -0.2) is 31.1 Å². The third kappa shape index (κ3) is 3.38. The van der Waals surface area contributed by atoms with E-state index in [1.165, 1.54) is 7.11 Å². The lowest BCUT2D eigenvalue weighted by atomic mass is 10.2. The molecule has 2 aromatic carbocycles. The van der Waals surface area contributed by atoms with Gasteiger partial charge in [0.05, 0.1) is 31.0 Å².